The second kappa shape index (κ2) is 10.2. The molecule has 5 rings (SSSR count). The Morgan fingerprint density at radius 3 is 2.67 bits per heavy atom. The van der Waals surface area contributed by atoms with Crippen LogP contribution in [-0.4, -0.2) is 72.5 Å². The van der Waals surface area contributed by atoms with Gasteiger partial charge in [-0.2, -0.15) is 0 Å². The Hall–Kier alpha value is -2.90. The van der Waals surface area contributed by atoms with Crippen molar-refractivity contribution in [2.24, 2.45) is 0 Å². The topological polar surface area (TPSA) is 57.9 Å². The number of rotatable bonds is 6. The van der Waals surface area contributed by atoms with Gasteiger partial charge in [0.25, 0.3) is 0 Å². The van der Waals surface area contributed by atoms with E-state index in [9.17, 15) is 9.90 Å². The molecule has 1 fully saturated rings. The zero-order valence-electron chi connectivity index (χ0n) is 21.5. The zero-order chi connectivity index (χ0) is 25.4. The average Bonchev–Trinajstić information content (AvgIpc) is 3.17. The second-order valence-electron chi connectivity index (χ2n) is 10.5. The van der Waals surface area contributed by atoms with E-state index in [-0.39, 0.29) is 11.5 Å². The minimum Gasteiger partial charge on any atom is -0.497 e. The van der Waals surface area contributed by atoms with Gasteiger partial charge >= 0.3 is 5.97 Å². The molecule has 0 radical (unpaired) electrons. The lowest BCUT2D eigenvalue weighted by molar-refractivity contribution is 0.0697. The first-order chi connectivity index (χ1) is 17.4. The molecule has 1 aliphatic heterocycles. The smallest absolute Gasteiger partial charge is 0.335 e. The van der Waals surface area contributed by atoms with Crippen molar-refractivity contribution in [3.05, 3.63) is 53.1 Å². The zero-order valence-corrected chi connectivity index (χ0v) is 21.5. The van der Waals surface area contributed by atoms with Crippen molar-refractivity contribution >= 4 is 16.9 Å². The highest BCUT2D eigenvalue weighted by atomic mass is 19.1. The molecule has 192 valence electrons. The molecule has 0 amide bonds. The maximum Gasteiger partial charge on any atom is 0.335 e. The van der Waals surface area contributed by atoms with Crippen molar-refractivity contribution in [3.8, 4) is 17.0 Å². The number of hydrogen-bond donors (Lipinski definition) is 1. The third-order valence-corrected chi connectivity index (χ3v) is 7.87. The number of alkyl halides is 1. The number of benzene rings is 2. The molecule has 2 atom stereocenters. The van der Waals surface area contributed by atoms with Crippen LogP contribution < -0.4 is 4.74 Å². The number of carboxylic acid groups (broad SMARTS) is 1. The van der Waals surface area contributed by atoms with Crippen molar-refractivity contribution in [2.45, 2.75) is 50.9 Å². The molecule has 0 spiro atoms. The van der Waals surface area contributed by atoms with Gasteiger partial charge in [-0.15, -0.1) is 0 Å². The Morgan fingerprint density at radius 1 is 1.14 bits per heavy atom. The highest BCUT2D eigenvalue weighted by molar-refractivity contribution is 5.98. The fourth-order valence-electron chi connectivity index (χ4n) is 5.97. The summed E-state index contributed by atoms with van der Waals surface area (Å²) in [6.45, 7) is 4.18. The summed E-state index contributed by atoms with van der Waals surface area (Å²) >= 11 is 0. The summed E-state index contributed by atoms with van der Waals surface area (Å²) in [5.74, 6) is -0.327. The van der Waals surface area contributed by atoms with Gasteiger partial charge in [-0.1, -0.05) is 18.9 Å². The summed E-state index contributed by atoms with van der Waals surface area (Å²) in [6.07, 6.45) is 2.44. The molecule has 1 aromatic heterocycles. The van der Waals surface area contributed by atoms with E-state index < -0.39 is 12.1 Å². The summed E-state index contributed by atoms with van der Waals surface area (Å²) in [7, 11) is 5.84. The number of fused-ring (bicyclic) bond motifs is 5. The molecule has 1 saturated carbocycles. The number of nitrogens with zero attached hydrogens (tertiary/aromatic N) is 3. The number of hydrogen-bond acceptors (Lipinski definition) is 4. The van der Waals surface area contributed by atoms with Gasteiger partial charge in [-0.25, -0.2) is 9.18 Å². The van der Waals surface area contributed by atoms with Crippen LogP contribution in [-0.2, 0) is 13.1 Å². The van der Waals surface area contributed by atoms with Gasteiger partial charge in [-0.05, 0) is 68.4 Å². The molecule has 1 aliphatic carbocycles. The minimum atomic E-state index is -0.946. The lowest BCUT2D eigenvalue weighted by Gasteiger charge is -2.31. The maximum atomic E-state index is 15.5. The molecule has 7 heteroatoms. The third kappa shape index (κ3) is 4.62. The summed E-state index contributed by atoms with van der Waals surface area (Å²) in [4.78, 5) is 16.5. The van der Waals surface area contributed by atoms with Crippen molar-refractivity contribution in [2.75, 3.05) is 40.8 Å². The number of ether oxygens (including phenoxy) is 1. The van der Waals surface area contributed by atoms with Gasteiger partial charge in [0, 0.05) is 55.1 Å². The van der Waals surface area contributed by atoms with Crippen LogP contribution in [0.4, 0.5) is 4.39 Å². The SMILES string of the molecule is COc1ccc2c(c1)CN(CCN(C)C)CCn1c-2c([C@H]2CCCC[C@@H]2F)c2ccc(C(=O)O)cc21. The second-order valence-corrected chi connectivity index (χ2v) is 10.5. The predicted octanol–water partition coefficient (Wildman–Crippen LogP) is 5.39. The number of carboxylic acids is 1. The van der Waals surface area contributed by atoms with E-state index in [2.05, 4.69) is 40.6 Å². The van der Waals surface area contributed by atoms with E-state index in [4.69, 9.17) is 4.74 Å². The average molecular weight is 494 g/mol. The normalized spacial score (nSPS) is 20.6. The van der Waals surface area contributed by atoms with E-state index in [0.29, 0.717) is 6.42 Å². The first-order valence-electron chi connectivity index (χ1n) is 12.9. The highest BCUT2D eigenvalue weighted by Crippen LogP contribution is 2.47. The number of aromatic nitrogens is 1. The lowest BCUT2D eigenvalue weighted by Crippen LogP contribution is -2.35. The molecule has 0 unspecified atom stereocenters. The minimum absolute atomic E-state index is 0.188. The number of likely N-dealkylation sites (N-methyl/N-ethyl adjacent to an activating group) is 1. The van der Waals surface area contributed by atoms with Crippen molar-refractivity contribution in [3.63, 3.8) is 0 Å². The van der Waals surface area contributed by atoms with E-state index >= 15 is 4.39 Å². The fourth-order valence-corrected chi connectivity index (χ4v) is 5.97. The lowest BCUT2D eigenvalue weighted by atomic mass is 9.80. The summed E-state index contributed by atoms with van der Waals surface area (Å²) in [5.41, 5.74) is 5.48. The summed E-state index contributed by atoms with van der Waals surface area (Å²) in [5, 5.41) is 10.7. The van der Waals surface area contributed by atoms with Crippen LogP contribution >= 0.6 is 0 Å². The molecular formula is C29H36FN3O3. The molecular weight excluding hydrogens is 457 g/mol. The molecule has 0 bridgehead atoms. The van der Waals surface area contributed by atoms with E-state index in [1.54, 1.807) is 19.2 Å². The van der Waals surface area contributed by atoms with Crippen LogP contribution in [0.1, 0.15) is 53.1 Å². The Bertz CT molecular complexity index is 1270. The Kier molecular flexibility index (Phi) is 7.04. The van der Waals surface area contributed by atoms with Crippen LogP contribution in [0.25, 0.3) is 22.2 Å². The van der Waals surface area contributed by atoms with Gasteiger partial charge in [0.1, 0.15) is 11.9 Å². The van der Waals surface area contributed by atoms with Crippen LogP contribution in [0, 0.1) is 0 Å². The number of carbonyl (C=O) groups is 1. The fraction of sp³-hybridized carbons (Fsp3) is 0.483. The maximum absolute atomic E-state index is 15.5. The van der Waals surface area contributed by atoms with Gasteiger partial charge < -0.3 is 19.3 Å². The van der Waals surface area contributed by atoms with Crippen LogP contribution in [0.2, 0.25) is 0 Å². The third-order valence-electron chi connectivity index (χ3n) is 7.87. The Morgan fingerprint density at radius 2 is 1.94 bits per heavy atom. The van der Waals surface area contributed by atoms with E-state index in [1.807, 2.05) is 12.1 Å². The molecule has 1 N–H and O–H groups in total. The van der Waals surface area contributed by atoms with Gasteiger partial charge in [-0.3, -0.25) is 4.90 Å². The first kappa shape index (κ1) is 24.8. The first-order valence-corrected chi connectivity index (χ1v) is 12.9. The molecule has 2 aliphatic rings. The molecule has 6 nitrogen and oxygen atoms in total. The van der Waals surface area contributed by atoms with Gasteiger partial charge in [0.15, 0.2) is 0 Å². The number of halogens is 1. The van der Waals surface area contributed by atoms with Crippen LogP contribution in [0.15, 0.2) is 36.4 Å². The largest absolute Gasteiger partial charge is 0.497 e. The van der Waals surface area contributed by atoms with Gasteiger partial charge in [0.05, 0.1) is 18.4 Å². The Labute approximate surface area is 212 Å². The summed E-state index contributed by atoms with van der Waals surface area (Å²) in [6, 6.07) is 11.5. The Balaban J connectivity index is 1.76. The van der Waals surface area contributed by atoms with Crippen molar-refractivity contribution < 1.29 is 19.0 Å². The van der Waals surface area contributed by atoms with Crippen molar-refractivity contribution in [1.82, 2.24) is 14.4 Å². The monoisotopic (exact) mass is 493 g/mol. The van der Waals surface area contributed by atoms with Gasteiger partial charge in [0.2, 0.25) is 0 Å². The number of methoxy groups -OCH3 is 1. The predicted molar refractivity (Wildman–Crippen MR) is 141 cm³/mol. The molecule has 3 aromatic rings. The van der Waals surface area contributed by atoms with Crippen LogP contribution in [0.3, 0.4) is 0 Å². The number of aromatic carboxylic acids is 1. The summed E-state index contributed by atoms with van der Waals surface area (Å²) < 4.78 is 23.3. The standard InChI is InChI=1S/C29H36FN3O3/c1-31(2)12-13-32-14-15-33-26-17-19(29(34)35)8-10-24(26)27(23-6-4-5-7-25(23)30)28(33)22-11-9-21(36-3)16-20(22)18-32/h8-11,16-17,23,25H,4-7,12-15,18H2,1-3H3,(H,34,35)/t23-,25-/m0/s1. The quantitative estimate of drug-likeness (QED) is 0.499. The highest BCUT2D eigenvalue weighted by Gasteiger charge is 2.34. The molecule has 2 heterocycles. The van der Waals surface area contributed by atoms with E-state index in [0.717, 1.165) is 91.0 Å². The van der Waals surface area contributed by atoms with Crippen molar-refractivity contribution in [1.29, 1.82) is 0 Å². The molecule has 36 heavy (non-hydrogen) atoms. The molecule has 2 aromatic carbocycles. The van der Waals surface area contributed by atoms with E-state index in [1.165, 1.54) is 0 Å². The van der Waals surface area contributed by atoms with Crippen LogP contribution in [0.5, 0.6) is 5.75 Å². The molecule has 0 saturated heterocycles.